The Labute approximate surface area is 157 Å². The molecule has 1 aromatic heterocycles. The number of fused-ring (bicyclic) bond motifs is 1. The van der Waals surface area contributed by atoms with Gasteiger partial charge in [-0.2, -0.15) is 0 Å². The standard InChI is InChI=1S/C20H22N2O3S/c1-3-5-11-25-15-8-6-7-14(12-15)19(23)22-20-21-17-10-9-16(24-4-2)13-18(17)26-20/h6-10,12-13H,3-5,11H2,1-2H3,(H,21,22,23). The smallest absolute Gasteiger partial charge is 0.257 e. The van der Waals surface area contributed by atoms with Gasteiger partial charge in [0.1, 0.15) is 11.5 Å². The van der Waals surface area contributed by atoms with Gasteiger partial charge in [-0.3, -0.25) is 10.1 Å². The monoisotopic (exact) mass is 370 g/mol. The lowest BCUT2D eigenvalue weighted by Crippen LogP contribution is -2.11. The van der Waals surface area contributed by atoms with Crippen LogP contribution in [0.15, 0.2) is 42.5 Å². The minimum Gasteiger partial charge on any atom is -0.494 e. The van der Waals surface area contributed by atoms with Gasteiger partial charge >= 0.3 is 0 Å². The van der Waals surface area contributed by atoms with Crippen LogP contribution in [0.1, 0.15) is 37.0 Å². The van der Waals surface area contributed by atoms with Gasteiger partial charge in [0, 0.05) is 5.56 Å². The molecule has 0 unspecified atom stereocenters. The van der Waals surface area contributed by atoms with E-state index in [1.54, 1.807) is 12.1 Å². The van der Waals surface area contributed by atoms with E-state index >= 15 is 0 Å². The van der Waals surface area contributed by atoms with Gasteiger partial charge in [-0.1, -0.05) is 30.7 Å². The summed E-state index contributed by atoms with van der Waals surface area (Å²) < 4.78 is 12.1. The van der Waals surface area contributed by atoms with Crippen molar-refractivity contribution in [3.63, 3.8) is 0 Å². The van der Waals surface area contributed by atoms with E-state index in [1.165, 1.54) is 11.3 Å². The third-order valence-electron chi connectivity index (χ3n) is 3.75. The second-order valence-electron chi connectivity index (χ2n) is 5.77. The van der Waals surface area contributed by atoms with Gasteiger partial charge in [-0.05, 0) is 49.7 Å². The number of carbonyl (C=O) groups excluding carboxylic acids is 1. The molecule has 0 spiro atoms. The van der Waals surface area contributed by atoms with Gasteiger partial charge in [-0.15, -0.1) is 0 Å². The Hall–Kier alpha value is -2.60. The third-order valence-corrected chi connectivity index (χ3v) is 4.69. The van der Waals surface area contributed by atoms with Crippen LogP contribution in [0, 0.1) is 0 Å². The van der Waals surface area contributed by atoms with Crippen LogP contribution >= 0.6 is 11.3 Å². The third kappa shape index (κ3) is 4.52. The zero-order chi connectivity index (χ0) is 18.4. The molecule has 1 amide bonds. The molecule has 1 heterocycles. The first-order valence-electron chi connectivity index (χ1n) is 8.77. The Morgan fingerprint density at radius 3 is 2.77 bits per heavy atom. The summed E-state index contributed by atoms with van der Waals surface area (Å²) in [7, 11) is 0. The Balaban J connectivity index is 1.71. The number of anilines is 1. The number of aromatic nitrogens is 1. The summed E-state index contributed by atoms with van der Waals surface area (Å²) in [5, 5.41) is 3.43. The Morgan fingerprint density at radius 2 is 1.96 bits per heavy atom. The number of hydrogen-bond donors (Lipinski definition) is 1. The number of nitrogens with one attached hydrogen (secondary N) is 1. The maximum absolute atomic E-state index is 12.5. The molecule has 0 aliphatic rings. The molecule has 0 aliphatic carbocycles. The predicted octanol–water partition coefficient (Wildman–Crippen LogP) is 5.13. The fourth-order valence-electron chi connectivity index (χ4n) is 2.45. The molecule has 0 atom stereocenters. The van der Waals surface area contributed by atoms with E-state index in [9.17, 15) is 4.79 Å². The maximum atomic E-state index is 12.5. The Bertz CT molecular complexity index is 892. The van der Waals surface area contributed by atoms with Crippen molar-refractivity contribution in [2.75, 3.05) is 18.5 Å². The van der Waals surface area contributed by atoms with Crippen LogP contribution in [-0.2, 0) is 0 Å². The van der Waals surface area contributed by atoms with E-state index in [0.29, 0.717) is 29.7 Å². The van der Waals surface area contributed by atoms with Crippen molar-refractivity contribution in [3.05, 3.63) is 48.0 Å². The zero-order valence-electron chi connectivity index (χ0n) is 15.0. The number of unbranched alkanes of at least 4 members (excludes halogenated alkanes) is 1. The molecule has 6 heteroatoms. The molecular formula is C20H22N2O3S. The maximum Gasteiger partial charge on any atom is 0.257 e. The molecule has 3 aromatic rings. The number of benzene rings is 2. The molecule has 0 bridgehead atoms. The highest BCUT2D eigenvalue weighted by atomic mass is 32.1. The quantitative estimate of drug-likeness (QED) is 0.559. The summed E-state index contributed by atoms with van der Waals surface area (Å²) >= 11 is 1.43. The minimum absolute atomic E-state index is 0.199. The number of thiazole rings is 1. The lowest BCUT2D eigenvalue weighted by atomic mass is 10.2. The number of ether oxygens (including phenoxy) is 2. The molecule has 0 saturated heterocycles. The van der Waals surface area contributed by atoms with Crippen molar-refractivity contribution >= 4 is 32.6 Å². The molecular weight excluding hydrogens is 348 g/mol. The van der Waals surface area contributed by atoms with Gasteiger partial charge in [-0.25, -0.2) is 4.98 Å². The molecule has 5 nitrogen and oxygen atoms in total. The Morgan fingerprint density at radius 1 is 1.12 bits per heavy atom. The van der Waals surface area contributed by atoms with Gasteiger partial charge in [0.2, 0.25) is 0 Å². The van der Waals surface area contributed by atoms with Crippen molar-refractivity contribution in [2.45, 2.75) is 26.7 Å². The van der Waals surface area contributed by atoms with Crippen LogP contribution in [-0.4, -0.2) is 24.1 Å². The van der Waals surface area contributed by atoms with Gasteiger partial charge in [0.05, 0.1) is 23.4 Å². The Kier molecular flexibility index (Phi) is 6.07. The molecule has 0 aliphatic heterocycles. The summed E-state index contributed by atoms with van der Waals surface area (Å²) in [5.74, 6) is 1.31. The zero-order valence-corrected chi connectivity index (χ0v) is 15.8. The first-order valence-corrected chi connectivity index (χ1v) is 9.59. The van der Waals surface area contributed by atoms with E-state index in [-0.39, 0.29) is 5.91 Å². The molecule has 0 radical (unpaired) electrons. The first-order chi connectivity index (χ1) is 12.7. The van der Waals surface area contributed by atoms with E-state index in [0.717, 1.165) is 28.8 Å². The van der Waals surface area contributed by atoms with Crippen LogP contribution in [0.3, 0.4) is 0 Å². The van der Waals surface area contributed by atoms with Gasteiger partial charge < -0.3 is 9.47 Å². The van der Waals surface area contributed by atoms with Gasteiger partial charge in [0.25, 0.3) is 5.91 Å². The van der Waals surface area contributed by atoms with E-state index in [2.05, 4.69) is 17.2 Å². The average Bonchev–Trinajstić information content (AvgIpc) is 3.04. The summed E-state index contributed by atoms with van der Waals surface area (Å²) in [5.41, 5.74) is 1.39. The fraction of sp³-hybridized carbons (Fsp3) is 0.300. The largest absolute Gasteiger partial charge is 0.494 e. The number of rotatable bonds is 8. The van der Waals surface area contributed by atoms with Crippen molar-refractivity contribution in [1.29, 1.82) is 0 Å². The van der Waals surface area contributed by atoms with Gasteiger partial charge in [0.15, 0.2) is 5.13 Å². The predicted molar refractivity (Wildman–Crippen MR) is 106 cm³/mol. The topological polar surface area (TPSA) is 60.5 Å². The van der Waals surface area contributed by atoms with Crippen molar-refractivity contribution < 1.29 is 14.3 Å². The molecule has 0 fully saturated rings. The highest BCUT2D eigenvalue weighted by Gasteiger charge is 2.11. The first kappa shape index (κ1) is 18.2. The molecule has 2 aromatic carbocycles. The summed E-state index contributed by atoms with van der Waals surface area (Å²) in [6.45, 7) is 5.33. The van der Waals surface area contributed by atoms with Crippen LogP contribution in [0.5, 0.6) is 11.5 Å². The fourth-order valence-corrected chi connectivity index (χ4v) is 3.33. The number of nitrogens with zero attached hydrogens (tertiary/aromatic N) is 1. The van der Waals surface area contributed by atoms with Crippen molar-refractivity contribution in [3.8, 4) is 11.5 Å². The summed E-state index contributed by atoms with van der Waals surface area (Å²) in [6.07, 6.45) is 2.06. The van der Waals surface area contributed by atoms with E-state index in [4.69, 9.17) is 9.47 Å². The molecule has 1 N–H and O–H groups in total. The highest BCUT2D eigenvalue weighted by molar-refractivity contribution is 7.22. The number of carbonyl (C=O) groups is 1. The second kappa shape index (κ2) is 8.67. The average molecular weight is 370 g/mol. The molecule has 3 rings (SSSR count). The van der Waals surface area contributed by atoms with E-state index in [1.807, 2.05) is 37.3 Å². The van der Waals surface area contributed by atoms with Crippen LogP contribution in [0.25, 0.3) is 10.2 Å². The number of hydrogen-bond acceptors (Lipinski definition) is 5. The highest BCUT2D eigenvalue weighted by Crippen LogP contribution is 2.29. The molecule has 0 saturated carbocycles. The lowest BCUT2D eigenvalue weighted by Gasteiger charge is -2.07. The van der Waals surface area contributed by atoms with Crippen LogP contribution in [0.4, 0.5) is 5.13 Å². The van der Waals surface area contributed by atoms with Crippen molar-refractivity contribution in [1.82, 2.24) is 4.98 Å². The molecule has 26 heavy (non-hydrogen) atoms. The summed E-state index contributed by atoms with van der Waals surface area (Å²) in [6, 6.07) is 12.9. The minimum atomic E-state index is -0.199. The SMILES string of the molecule is CCCCOc1cccc(C(=O)Nc2nc3ccc(OCC)cc3s2)c1. The number of amides is 1. The van der Waals surface area contributed by atoms with Crippen molar-refractivity contribution in [2.24, 2.45) is 0 Å². The second-order valence-corrected chi connectivity index (χ2v) is 6.80. The summed E-state index contributed by atoms with van der Waals surface area (Å²) in [4.78, 5) is 17.0. The normalized spacial score (nSPS) is 10.7. The lowest BCUT2D eigenvalue weighted by molar-refractivity contribution is 0.102. The van der Waals surface area contributed by atoms with E-state index < -0.39 is 0 Å². The van der Waals surface area contributed by atoms with Crippen LogP contribution in [0.2, 0.25) is 0 Å². The van der Waals surface area contributed by atoms with Crippen LogP contribution < -0.4 is 14.8 Å². The molecule has 136 valence electrons.